The minimum Gasteiger partial charge on any atom is -0.466 e. The summed E-state index contributed by atoms with van der Waals surface area (Å²) in [4.78, 5) is 25.9. The summed E-state index contributed by atoms with van der Waals surface area (Å²) >= 11 is 0. The van der Waals surface area contributed by atoms with Crippen LogP contribution in [0, 0.1) is 17.8 Å². The maximum absolute atomic E-state index is 12.2. The van der Waals surface area contributed by atoms with Crippen LogP contribution in [0.2, 0.25) is 0 Å². The average molecular weight is 387 g/mol. The van der Waals surface area contributed by atoms with Gasteiger partial charge in [-0.25, -0.2) is 4.79 Å². The summed E-state index contributed by atoms with van der Waals surface area (Å²) < 4.78 is 16.8. The van der Waals surface area contributed by atoms with Gasteiger partial charge < -0.3 is 19.1 Å². The first-order valence-electron chi connectivity index (χ1n) is 10.4. The fourth-order valence-corrected chi connectivity index (χ4v) is 4.75. The van der Waals surface area contributed by atoms with E-state index in [0.29, 0.717) is 38.1 Å². The molecular formula is C22H29NO5. The summed E-state index contributed by atoms with van der Waals surface area (Å²) in [6, 6.07) is 9.72. The van der Waals surface area contributed by atoms with Crippen molar-refractivity contribution in [2.45, 2.75) is 51.4 Å². The van der Waals surface area contributed by atoms with E-state index in [0.717, 1.165) is 31.2 Å². The Labute approximate surface area is 166 Å². The monoisotopic (exact) mass is 387 g/mol. The van der Waals surface area contributed by atoms with E-state index in [-0.39, 0.29) is 30.2 Å². The molecule has 0 bridgehead atoms. The third kappa shape index (κ3) is 4.32. The highest BCUT2D eigenvalue weighted by Crippen LogP contribution is 2.58. The molecule has 4 atom stereocenters. The number of piperidine rings is 1. The molecule has 2 aliphatic carbocycles. The molecule has 0 N–H and O–H groups in total. The summed E-state index contributed by atoms with van der Waals surface area (Å²) in [5, 5.41) is 0. The minimum absolute atomic E-state index is 0.0294. The van der Waals surface area contributed by atoms with Crippen LogP contribution in [0.1, 0.15) is 38.2 Å². The van der Waals surface area contributed by atoms with Crippen LogP contribution >= 0.6 is 0 Å². The highest BCUT2D eigenvalue weighted by atomic mass is 16.6. The molecule has 1 aliphatic heterocycles. The Balaban J connectivity index is 1.14. The van der Waals surface area contributed by atoms with E-state index in [4.69, 9.17) is 14.2 Å². The van der Waals surface area contributed by atoms with Crippen molar-refractivity contribution in [3.63, 3.8) is 0 Å². The third-order valence-corrected chi connectivity index (χ3v) is 6.25. The number of fused-ring (bicyclic) bond motifs is 1. The van der Waals surface area contributed by atoms with Gasteiger partial charge in [0.05, 0.1) is 24.7 Å². The molecule has 2 saturated carbocycles. The summed E-state index contributed by atoms with van der Waals surface area (Å²) in [5.41, 5.74) is 0.995. The molecule has 1 saturated heterocycles. The van der Waals surface area contributed by atoms with Crippen LogP contribution in [0.3, 0.4) is 0 Å². The van der Waals surface area contributed by atoms with E-state index in [1.165, 1.54) is 0 Å². The van der Waals surface area contributed by atoms with Gasteiger partial charge in [0.25, 0.3) is 0 Å². The van der Waals surface area contributed by atoms with Gasteiger partial charge in [0.2, 0.25) is 0 Å². The van der Waals surface area contributed by atoms with E-state index in [2.05, 4.69) is 0 Å². The Morgan fingerprint density at radius 2 is 1.68 bits per heavy atom. The second kappa shape index (κ2) is 8.52. The quantitative estimate of drug-likeness (QED) is 0.700. The normalized spacial score (nSPS) is 29.2. The van der Waals surface area contributed by atoms with E-state index < -0.39 is 0 Å². The van der Waals surface area contributed by atoms with Crippen molar-refractivity contribution in [1.29, 1.82) is 0 Å². The number of carbonyl (C=O) groups is 2. The molecule has 0 spiro atoms. The molecule has 1 heterocycles. The van der Waals surface area contributed by atoms with Gasteiger partial charge in [-0.2, -0.15) is 0 Å². The van der Waals surface area contributed by atoms with Crippen LogP contribution in [0.25, 0.3) is 0 Å². The van der Waals surface area contributed by atoms with Gasteiger partial charge in [0.15, 0.2) is 0 Å². The first-order valence-corrected chi connectivity index (χ1v) is 10.4. The molecule has 152 valence electrons. The lowest BCUT2D eigenvalue weighted by Gasteiger charge is -2.33. The molecule has 3 aliphatic rings. The predicted octanol–water partition coefficient (Wildman–Crippen LogP) is 3.39. The van der Waals surface area contributed by atoms with Crippen molar-refractivity contribution in [3.05, 3.63) is 35.9 Å². The lowest BCUT2D eigenvalue weighted by Crippen LogP contribution is -2.42. The molecular weight excluding hydrogens is 358 g/mol. The first kappa shape index (κ1) is 19.2. The summed E-state index contributed by atoms with van der Waals surface area (Å²) in [7, 11) is 0. The van der Waals surface area contributed by atoms with Gasteiger partial charge in [-0.05, 0) is 50.0 Å². The largest absolute Gasteiger partial charge is 0.466 e. The van der Waals surface area contributed by atoms with Gasteiger partial charge in [-0.3, -0.25) is 4.79 Å². The zero-order valence-corrected chi connectivity index (χ0v) is 16.4. The predicted molar refractivity (Wildman–Crippen MR) is 102 cm³/mol. The van der Waals surface area contributed by atoms with Crippen LogP contribution in [-0.2, 0) is 25.6 Å². The van der Waals surface area contributed by atoms with Gasteiger partial charge in [0, 0.05) is 13.1 Å². The Kier molecular flexibility index (Phi) is 5.85. The molecule has 28 heavy (non-hydrogen) atoms. The number of rotatable bonds is 6. The number of benzene rings is 1. The fourth-order valence-electron chi connectivity index (χ4n) is 4.75. The fraction of sp³-hybridized carbons (Fsp3) is 0.636. The van der Waals surface area contributed by atoms with Crippen LogP contribution < -0.4 is 0 Å². The Bertz CT molecular complexity index is 673. The molecule has 6 heteroatoms. The number of nitrogens with zero attached hydrogens (tertiary/aromatic N) is 1. The zero-order chi connectivity index (χ0) is 19.5. The highest BCUT2D eigenvalue weighted by molar-refractivity contribution is 5.76. The van der Waals surface area contributed by atoms with Crippen LogP contribution in [0.15, 0.2) is 30.3 Å². The molecule has 1 unspecified atom stereocenters. The van der Waals surface area contributed by atoms with E-state index in [1.54, 1.807) is 4.90 Å². The number of esters is 1. The van der Waals surface area contributed by atoms with Gasteiger partial charge in [0.1, 0.15) is 6.61 Å². The topological polar surface area (TPSA) is 65.1 Å². The molecule has 0 aromatic heterocycles. The molecule has 1 aromatic rings. The minimum atomic E-state index is -0.248. The second-order valence-electron chi connectivity index (χ2n) is 8.06. The Morgan fingerprint density at radius 1 is 1.00 bits per heavy atom. The lowest BCUT2D eigenvalue weighted by molar-refractivity contribution is -0.146. The number of likely N-dealkylation sites (tertiary alicyclic amines) is 1. The van der Waals surface area contributed by atoms with Crippen molar-refractivity contribution < 1.29 is 23.8 Å². The van der Waals surface area contributed by atoms with Crippen LogP contribution in [0.4, 0.5) is 4.79 Å². The van der Waals surface area contributed by atoms with Crippen LogP contribution in [0.5, 0.6) is 0 Å². The van der Waals surface area contributed by atoms with Gasteiger partial charge >= 0.3 is 12.1 Å². The smallest absolute Gasteiger partial charge is 0.410 e. The van der Waals surface area contributed by atoms with Crippen molar-refractivity contribution >= 4 is 12.1 Å². The van der Waals surface area contributed by atoms with Crippen molar-refractivity contribution in [1.82, 2.24) is 4.90 Å². The number of amides is 1. The van der Waals surface area contributed by atoms with Crippen molar-refractivity contribution in [2.24, 2.45) is 17.8 Å². The number of hydrogen-bond acceptors (Lipinski definition) is 5. The van der Waals surface area contributed by atoms with Crippen molar-refractivity contribution in [2.75, 3.05) is 19.7 Å². The maximum atomic E-state index is 12.2. The maximum Gasteiger partial charge on any atom is 0.410 e. The highest BCUT2D eigenvalue weighted by Gasteiger charge is 2.60. The van der Waals surface area contributed by atoms with Gasteiger partial charge in [-0.1, -0.05) is 30.3 Å². The molecule has 1 amide bonds. The first-order chi connectivity index (χ1) is 13.7. The van der Waals surface area contributed by atoms with E-state index in [9.17, 15) is 9.59 Å². The molecule has 3 fully saturated rings. The summed E-state index contributed by atoms with van der Waals surface area (Å²) in [6.45, 7) is 3.96. The second-order valence-corrected chi connectivity index (χ2v) is 8.06. The Hall–Kier alpha value is -2.08. The van der Waals surface area contributed by atoms with Gasteiger partial charge in [-0.15, -0.1) is 0 Å². The van der Waals surface area contributed by atoms with Crippen molar-refractivity contribution in [3.8, 4) is 0 Å². The van der Waals surface area contributed by atoms with E-state index >= 15 is 0 Å². The summed E-state index contributed by atoms with van der Waals surface area (Å²) in [5.74, 6) is 0.994. The molecule has 4 rings (SSSR count). The molecule has 6 nitrogen and oxygen atoms in total. The number of carbonyl (C=O) groups excluding carboxylic acids is 2. The van der Waals surface area contributed by atoms with Crippen LogP contribution in [-0.4, -0.2) is 48.9 Å². The molecule has 0 radical (unpaired) electrons. The Morgan fingerprint density at radius 3 is 2.32 bits per heavy atom. The van der Waals surface area contributed by atoms with E-state index in [1.807, 2.05) is 37.3 Å². The molecule has 1 aromatic carbocycles. The summed E-state index contributed by atoms with van der Waals surface area (Å²) in [6.07, 6.45) is 3.81. The average Bonchev–Trinajstić information content (AvgIpc) is 3.23. The third-order valence-electron chi connectivity index (χ3n) is 6.25. The SMILES string of the molecule is CCOC(=O)[C@@H]1C2C[C@H](OC3CCN(C(=O)OCc4ccccc4)CC3)C[C@@H]21. The standard InChI is InChI=1S/C22H29NO5/c1-2-26-21(24)20-18-12-17(13-19(18)20)28-16-8-10-23(11-9-16)22(25)27-14-15-6-4-3-5-7-15/h3-7,16-20H,2,8-14H2,1H3/t17-,18+,19?,20+/m1/s1. The zero-order valence-electron chi connectivity index (χ0n) is 16.4. The number of ether oxygens (including phenoxy) is 3. The lowest BCUT2D eigenvalue weighted by atomic mass is 10.1. The number of hydrogen-bond donors (Lipinski definition) is 0.